The van der Waals surface area contributed by atoms with Crippen molar-refractivity contribution in [3.8, 4) is 0 Å². The summed E-state index contributed by atoms with van der Waals surface area (Å²) in [5, 5.41) is 10.5. The zero-order valence-electron chi connectivity index (χ0n) is 15.9. The molecule has 0 aromatic heterocycles. The van der Waals surface area contributed by atoms with Crippen molar-refractivity contribution in [1.29, 1.82) is 0 Å². The molecule has 1 rings (SSSR count). The van der Waals surface area contributed by atoms with Gasteiger partial charge < -0.3 is 9.53 Å². The maximum absolute atomic E-state index is 12.5. The molecule has 0 spiro atoms. The smallest absolute Gasteiger partial charge is 0.191 e. The Kier molecular flexibility index (Phi) is 7.14. The maximum atomic E-state index is 12.5. The van der Waals surface area contributed by atoms with Crippen LogP contribution in [0.15, 0.2) is 42.5 Å². The fourth-order valence-electron chi connectivity index (χ4n) is 2.17. The normalized spacial score (nSPS) is 15.0. The molecular weight excluding hydrogens is 316 g/mol. The lowest BCUT2D eigenvalue weighted by Gasteiger charge is -2.36. The summed E-state index contributed by atoms with van der Waals surface area (Å²) in [4.78, 5) is 12.5. The highest BCUT2D eigenvalue weighted by molar-refractivity contribution is 6.74. The molecule has 0 aliphatic heterocycles. The van der Waals surface area contributed by atoms with Crippen LogP contribution in [-0.2, 0) is 9.22 Å². The molecule has 0 heterocycles. The Hall–Kier alpha value is -1.23. The lowest BCUT2D eigenvalue weighted by molar-refractivity contribution is -0.122. The summed E-state index contributed by atoms with van der Waals surface area (Å²) in [7, 11) is -1.81. The number of aliphatic hydroxyl groups excluding tert-OH is 1. The average Bonchev–Trinajstić information content (AvgIpc) is 2.52. The van der Waals surface area contributed by atoms with E-state index in [2.05, 4.69) is 40.4 Å². The van der Waals surface area contributed by atoms with Crippen LogP contribution in [0.2, 0.25) is 18.1 Å². The summed E-state index contributed by atoms with van der Waals surface area (Å²) in [5.74, 6) is -0.599. The summed E-state index contributed by atoms with van der Waals surface area (Å²) in [6.07, 6.45) is -0.297. The highest BCUT2D eigenvalue weighted by atomic mass is 28.4. The molecule has 0 aliphatic carbocycles. The van der Waals surface area contributed by atoms with Crippen molar-refractivity contribution in [3.63, 3.8) is 0 Å². The van der Waals surface area contributed by atoms with Gasteiger partial charge in [-0.05, 0) is 35.7 Å². The zero-order chi connectivity index (χ0) is 18.5. The summed E-state index contributed by atoms with van der Waals surface area (Å²) in [6.45, 7) is 17.1. The van der Waals surface area contributed by atoms with Gasteiger partial charge in [0.2, 0.25) is 0 Å². The number of hydrogen-bond donors (Lipinski definition) is 1. The molecule has 1 aromatic rings. The first kappa shape index (κ1) is 20.8. The Morgan fingerprint density at radius 2 is 1.79 bits per heavy atom. The van der Waals surface area contributed by atoms with E-state index in [4.69, 9.17) is 4.43 Å². The SMILES string of the molecule is C=C(CCO[Si](C)(C)C(C)(C)C)C(=O)[C@H](C)[C@@H](O)c1ccccc1. The van der Waals surface area contributed by atoms with Gasteiger partial charge in [-0.3, -0.25) is 4.79 Å². The number of carbonyl (C=O) groups excluding carboxylic acids is 1. The molecule has 0 amide bonds. The molecule has 1 N–H and O–H groups in total. The highest BCUT2D eigenvalue weighted by Crippen LogP contribution is 2.36. The minimum absolute atomic E-state index is 0.0924. The summed E-state index contributed by atoms with van der Waals surface area (Å²) >= 11 is 0. The monoisotopic (exact) mass is 348 g/mol. The van der Waals surface area contributed by atoms with Crippen molar-refractivity contribution in [2.75, 3.05) is 6.61 Å². The standard InChI is InChI=1S/C20H32O3Si/c1-15(13-14-23-24(6,7)20(3,4)5)18(21)16(2)19(22)17-11-9-8-10-12-17/h8-12,16,19,22H,1,13-14H2,2-7H3/t16-,19+/m0/s1. The van der Waals surface area contributed by atoms with Crippen molar-refractivity contribution in [1.82, 2.24) is 0 Å². The first-order chi connectivity index (χ1) is 11.0. The predicted molar refractivity (Wildman–Crippen MR) is 102 cm³/mol. The molecular formula is C20H32O3Si. The van der Waals surface area contributed by atoms with Crippen molar-refractivity contribution < 1.29 is 14.3 Å². The minimum atomic E-state index is -1.81. The second kappa shape index (κ2) is 8.23. The van der Waals surface area contributed by atoms with E-state index in [1.54, 1.807) is 6.92 Å². The third-order valence-corrected chi connectivity index (χ3v) is 9.59. The quantitative estimate of drug-likeness (QED) is 0.537. The van der Waals surface area contributed by atoms with Crippen molar-refractivity contribution >= 4 is 14.1 Å². The lowest BCUT2D eigenvalue weighted by Crippen LogP contribution is -2.41. The van der Waals surface area contributed by atoms with E-state index in [-0.39, 0.29) is 10.8 Å². The summed E-state index contributed by atoms with van der Waals surface area (Å²) < 4.78 is 6.10. The van der Waals surface area contributed by atoms with Crippen LogP contribution in [0.3, 0.4) is 0 Å². The first-order valence-corrected chi connectivity index (χ1v) is 11.5. The van der Waals surface area contributed by atoms with Gasteiger partial charge in [0.05, 0.1) is 6.10 Å². The highest BCUT2D eigenvalue weighted by Gasteiger charge is 2.37. The third kappa shape index (κ3) is 5.40. The Morgan fingerprint density at radius 3 is 2.29 bits per heavy atom. The Morgan fingerprint density at radius 1 is 1.25 bits per heavy atom. The molecule has 0 bridgehead atoms. The van der Waals surface area contributed by atoms with Gasteiger partial charge in [-0.2, -0.15) is 0 Å². The average molecular weight is 349 g/mol. The van der Waals surface area contributed by atoms with E-state index in [0.717, 1.165) is 5.56 Å². The van der Waals surface area contributed by atoms with Gasteiger partial charge in [-0.15, -0.1) is 0 Å². The topological polar surface area (TPSA) is 46.5 Å². The number of aliphatic hydroxyl groups is 1. The van der Waals surface area contributed by atoms with E-state index in [1.165, 1.54) is 0 Å². The van der Waals surface area contributed by atoms with Gasteiger partial charge in [-0.1, -0.05) is 64.6 Å². The molecule has 0 aliphatic rings. The Labute approximate surface area is 147 Å². The van der Waals surface area contributed by atoms with Crippen molar-refractivity contribution in [3.05, 3.63) is 48.0 Å². The van der Waals surface area contributed by atoms with Crippen LogP contribution in [0.25, 0.3) is 0 Å². The molecule has 0 fully saturated rings. The Balaban J connectivity index is 2.57. The lowest BCUT2D eigenvalue weighted by atomic mass is 9.90. The van der Waals surface area contributed by atoms with Crippen molar-refractivity contribution in [2.45, 2.75) is 58.4 Å². The van der Waals surface area contributed by atoms with E-state index in [1.807, 2.05) is 30.3 Å². The van der Waals surface area contributed by atoms with Gasteiger partial charge in [0.25, 0.3) is 0 Å². The van der Waals surface area contributed by atoms with Gasteiger partial charge >= 0.3 is 0 Å². The summed E-state index contributed by atoms with van der Waals surface area (Å²) in [5.41, 5.74) is 1.28. The van der Waals surface area contributed by atoms with Gasteiger partial charge in [0, 0.05) is 12.5 Å². The zero-order valence-corrected chi connectivity index (χ0v) is 16.9. The van der Waals surface area contributed by atoms with Crippen LogP contribution in [0.5, 0.6) is 0 Å². The molecule has 0 saturated carbocycles. The van der Waals surface area contributed by atoms with E-state index in [9.17, 15) is 9.90 Å². The van der Waals surface area contributed by atoms with E-state index in [0.29, 0.717) is 18.6 Å². The molecule has 4 heteroatoms. The molecule has 0 radical (unpaired) electrons. The fourth-order valence-corrected chi connectivity index (χ4v) is 3.22. The number of carbonyl (C=O) groups is 1. The van der Waals surface area contributed by atoms with E-state index < -0.39 is 20.3 Å². The molecule has 134 valence electrons. The molecule has 0 saturated heterocycles. The fraction of sp³-hybridized carbons (Fsp3) is 0.550. The number of hydrogen-bond acceptors (Lipinski definition) is 3. The first-order valence-electron chi connectivity index (χ1n) is 8.56. The van der Waals surface area contributed by atoms with Gasteiger partial charge in [0.1, 0.15) is 0 Å². The van der Waals surface area contributed by atoms with Crippen molar-refractivity contribution in [2.24, 2.45) is 5.92 Å². The number of benzene rings is 1. The summed E-state index contributed by atoms with van der Waals surface area (Å²) in [6, 6.07) is 9.27. The molecule has 2 atom stereocenters. The number of ketones is 1. The number of rotatable bonds is 8. The third-order valence-electron chi connectivity index (χ3n) is 5.05. The minimum Gasteiger partial charge on any atom is -0.416 e. The van der Waals surface area contributed by atoms with Crippen LogP contribution in [-0.4, -0.2) is 25.8 Å². The molecule has 3 nitrogen and oxygen atoms in total. The molecule has 0 unspecified atom stereocenters. The predicted octanol–water partition coefficient (Wildman–Crippen LogP) is 4.89. The molecule has 24 heavy (non-hydrogen) atoms. The molecule has 1 aromatic carbocycles. The van der Waals surface area contributed by atoms with Crippen LogP contribution >= 0.6 is 0 Å². The maximum Gasteiger partial charge on any atom is 0.191 e. The van der Waals surface area contributed by atoms with Gasteiger partial charge in [-0.25, -0.2) is 0 Å². The van der Waals surface area contributed by atoms with E-state index >= 15 is 0 Å². The van der Waals surface area contributed by atoms with Gasteiger partial charge in [0.15, 0.2) is 14.1 Å². The van der Waals surface area contributed by atoms with Crippen LogP contribution in [0.1, 0.15) is 45.8 Å². The van der Waals surface area contributed by atoms with Crippen LogP contribution < -0.4 is 0 Å². The number of Topliss-reactive ketones (excluding diaryl/α,β-unsaturated/α-hetero) is 1. The van der Waals surface area contributed by atoms with Crippen LogP contribution in [0.4, 0.5) is 0 Å². The van der Waals surface area contributed by atoms with Crippen LogP contribution in [0, 0.1) is 5.92 Å². The second-order valence-corrected chi connectivity index (χ2v) is 12.8. The largest absolute Gasteiger partial charge is 0.416 e. The Bertz CT molecular complexity index is 558. The second-order valence-electron chi connectivity index (χ2n) is 7.97.